The zero-order valence-corrected chi connectivity index (χ0v) is 15.7. The number of nitrogens with two attached hydrogens (primary N) is 1. The molecule has 0 radical (unpaired) electrons. The Morgan fingerprint density at radius 3 is 2.96 bits per heavy atom. The third-order valence-corrected chi connectivity index (χ3v) is 5.41. The molecule has 0 amide bonds. The molecule has 5 rings (SSSR count). The van der Waals surface area contributed by atoms with Crippen LogP contribution in [0.5, 0.6) is 6.01 Å². The lowest BCUT2D eigenvalue weighted by atomic mass is 10.0. The van der Waals surface area contributed by atoms with E-state index in [0.29, 0.717) is 11.8 Å². The number of pyridine rings is 1. The fourth-order valence-corrected chi connectivity index (χ4v) is 4.20. The Morgan fingerprint density at radius 2 is 2.14 bits per heavy atom. The van der Waals surface area contributed by atoms with Crippen LogP contribution in [0.25, 0.3) is 11.3 Å². The first-order chi connectivity index (χ1) is 13.5. The highest BCUT2D eigenvalue weighted by atomic mass is 19.1. The van der Waals surface area contributed by atoms with Crippen molar-refractivity contribution < 1.29 is 9.13 Å². The lowest BCUT2D eigenvalue weighted by Crippen LogP contribution is -2.46. The number of anilines is 1. The first-order valence-corrected chi connectivity index (χ1v) is 9.46. The van der Waals surface area contributed by atoms with Gasteiger partial charge in [-0.3, -0.25) is 14.5 Å². The lowest BCUT2D eigenvalue weighted by molar-refractivity contribution is 0.0526. The number of ether oxygens (including phenoxy) is 1. The van der Waals surface area contributed by atoms with Crippen LogP contribution in [-0.2, 0) is 19.5 Å². The third kappa shape index (κ3) is 3.11. The van der Waals surface area contributed by atoms with E-state index in [-0.39, 0.29) is 11.4 Å². The molecule has 0 bridgehead atoms. The average Bonchev–Trinajstić information content (AvgIpc) is 3.13. The molecule has 144 valence electrons. The molecule has 4 heterocycles. The number of imidazole rings is 1. The summed E-state index contributed by atoms with van der Waals surface area (Å²) in [7, 11) is 0. The molecule has 0 unspecified atom stereocenters. The second kappa shape index (κ2) is 6.31. The Balaban J connectivity index is 1.30. The van der Waals surface area contributed by atoms with E-state index in [1.54, 1.807) is 6.07 Å². The van der Waals surface area contributed by atoms with Gasteiger partial charge in [0.1, 0.15) is 17.2 Å². The highest BCUT2D eigenvalue weighted by Gasteiger charge is 2.38. The van der Waals surface area contributed by atoms with Crippen molar-refractivity contribution in [1.29, 1.82) is 0 Å². The molecule has 1 atom stereocenters. The number of rotatable bonds is 3. The molecule has 28 heavy (non-hydrogen) atoms. The molecule has 0 spiro atoms. The highest BCUT2D eigenvalue weighted by molar-refractivity contribution is 5.59. The maximum Gasteiger partial charge on any atom is 0.299 e. The van der Waals surface area contributed by atoms with E-state index in [1.165, 1.54) is 17.7 Å². The first-order valence-electron chi connectivity index (χ1n) is 9.46. The van der Waals surface area contributed by atoms with Crippen LogP contribution in [0.15, 0.2) is 42.6 Å². The molecule has 2 aromatic heterocycles. The normalized spacial score (nSPS) is 21.2. The van der Waals surface area contributed by atoms with Crippen molar-refractivity contribution in [2.24, 2.45) is 0 Å². The van der Waals surface area contributed by atoms with Crippen molar-refractivity contribution in [1.82, 2.24) is 19.4 Å². The molecular formula is C21H22FN5O. The summed E-state index contributed by atoms with van der Waals surface area (Å²) in [5.41, 5.74) is 9.35. The third-order valence-electron chi connectivity index (χ3n) is 5.41. The molecule has 7 heteroatoms. The molecule has 3 aromatic rings. The maximum atomic E-state index is 13.5. The molecule has 0 saturated carbocycles. The van der Waals surface area contributed by atoms with Crippen LogP contribution in [0.2, 0.25) is 0 Å². The molecule has 0 fully saturated rings. The zero-order chi connectivity index (χ0) is 19.3. The van der Waals surface area contributed by atoms with E-state index in [0.717, 1.165) is 49.6 Å². The van der Waals surface area contributed by atoms with E-state index in [1.807, 2.05) is 22.9 Å². The van der Waals surface area contributed by atoms with Crippen LogP contribution in [0.1, 0.15) is 18.2 Å². The van der Waals surface area contributed by atoms with Gasteiger partial charge in [-0.25, -0.2) is 4.39 Å². The number of nitrogen functional groups attached to an aromatic ring is 1. The summed E-state index contributed by atoms with van der Waals surface area (Å²) in [5.74, 6) is 0.249. The summed E-state index contributed by atoms with van der Waals surface area (Å²) in [5, 5.41) is 0. The smallest absolute Gasteiger partial charge is 0.299 e. The Kier molecular flexibility index (Phi) is 3.87. The number of hydrogen-bond donors (Lipinski definition) is 1. The van der Waals surface area contributed by atoms with Crippen molar-refractivity contribution in [3.8, 4) is 17.3 Å². The first kappa shape index (κ1) is 17.2. The Morgan fingerprint density at radius 1 is 1.25 bits per heavy atom. The van der Waals surface area contributed by atoms with Crippen LogP contribution >= 0.6 is 0 Å². The number of fused-ring (bicyclic) bond motifs is 2. The van der Waals surface area contributed by atoms with E-state index in [2.05, 4.69) is 22.9 Å². The van der Waals surface area contributed by atoms with Crippen molar-refractivity contribution in [2.75, 3.05) is 18.8 Å². The quantitative estimate of drug-likeness (QED) is 0.758. The molecular weight excluding hydrogens is 357 g/mol. The van der Waals surface area contributed by atoms with Crippen LogP contribution in [0.3, 0.4) is 0 Å². The summed E-state index contributed by atoms with van der Waals surface area (Å²) in [4.78, 5) is 11.4. The minimum absolute atomic E-state index is 0.241. The SMILES string of the molecule is C[C@]1(CN2CCc3nc(-c4cccc(F)c4)ccc3C2)Cn2cc(N)nc2O1. The molecule has 0 saturated heterocycles. The Hall–Kier alpha value is -2.93. The van der Waals surface area contributed by atoms with Crippen LogP contribution < -0.4 is 10.5 Å². The van der Waals surface area contributed by atoms with Crippen LogP contribution in [0, 0.1) is 5.82 Å². The molecule has 1 aromatic carbocycles. The monoisotopic (exact) mass is 379 g/mol. The Bertz CT molecular complexity index is 1020. The molecule has 2 N–H and O–H groups in total. The standard InChI is InChI=1S/C21H22FN5O/c1-21(13-27-11-19(23)25-20(27)28-21)12-26-8-7-18-15(10-26)5-6-17(24-18)14-3-2-4-16(22)9-14/h2-6,9,11H,7-8,10,12-13,23H2,1H3/t21-/m0/s1. The molecule has 2 aliphatic rings. The van der Waals surface area contributed by atoms with Gasteiger partial charge in [0.2, 0.25) is 0 Å². The van der Waals surface area contributed by atoms with Gasteiger partial charge in [0.25, 0.3) is 6.01 Å². The van der Waals surface area contributed by atoms with Crippen LogP contribution in [-0.4, -0.2) is 38.1 Å². The predicted octanol–water partition coefficient (Wildman–Crippen LogP) is 2.88. The van der Waals surface area contributed by atoms with Gasteiger partial charge in [-0.2, -0.15) is 4.98 Å². The highest BCUT2D eigenvalue weighted by Crippen LogP contribution is 2.31. The second-order valence-electron chi connectivity index (χ2n) is 7.90. The van der Waals surface area contributed by atoms with Gasteiger partial charge in [-0.05, 0) is 30.7 Å². The van der Waals surface area contributed by atoms with Crippen molar-refractivity contribution in [3.63, 3.8) is 0 Å². The molecule has 6 nitrogen and oxygen atoms in total. The van der Waals surface area contributed by atoms with E-state index >= 15 is 0 Å². The number of benzene rings is 1. The lowest BCUT2D eigenvalue weighted by Gasteiger charge is -2.34. The minimum Gasteiger partial charge on any atom is -0.455 e. The minimum atomic E-state index is -0.317. The summed E-state index contributed by atoms with van der Waals surface area (Å²) < 4.78 is 21.6. The van der Waals surface area contributed by atoms with E-state index < -0.39 is 0 Å². The summed E-state index contributed by atoms with van der Waals surface area (Å²) in [6.45, 7) is 5.40. The Labute approximate surface area is 162 Å². The average molecular weight is 379 g/mol. The fraction of sp³-hybridized carbons (Fsp3) is 0.333. The fourth-order valence-electron chi connectivity index (χ4n) is 4.20. The van der Waals surface area contributed by atoms with Gasteiger partial charge in [-0.15, -0.1) is 0 Å². The zero-order valence-electron chi connectivity index (χ0n) is 15.7. The van der Waals surface area contributed by atoms with Crippen molar-refractivity contribution in [2.45, 2.75) is 32.0 Å². The predicted molar refractivity (Wildman–Crippen MR) is 104 cm³/mol. The number of hydrogen-bond acceptors (Lipinski definition) is 5. The number of aromatic nitrogens is 3. The van der Waals surface area contributed by atoms with Gasteiger partial charge < -0.3 is 10.5 Å². The summed E-state index contributed by atoms with van der Waals surface area (Å²) in [6, 6.07) is 11.3. The topological polar surface area (TPSA) is 69.2 Å². The van der Waals surface area contributed by atoms with E-state index in [4.69, 9.17) is 15.5 Å². The number of nitrogens with zero attached hydrogens (tertiary/aromatic N) is 4. The van der Waals surface area contributed by atoms with Crippen molar-refractivity contribution in [3.05, 3.63) is 59.7 Å². The summed E-state index contributed by atoms with van der Waals surface area (Å²) >= 11 is 0. The van der Waals surface area contributed by atoms with Gasteiger partial charge in [0, 0.05) is 37.3 Å². The second-order valence-corrected chi connectivity index (χ2v) is 7.90. The van der Waals surface area contributed by atoms with Gasteiger partial charge in [-0.1, -0.05) is 18.2 Å². The molecule has 0 aliphatic carbocycles. The largest absolute Gasteiger partial charge is 0.455 e. The van der Waals surface area contributed by atoms with Gasteiger partial charge >= 0.3 is 0 Å². The van der Waals surface area contributed by atoms with Crippen molar-refractivity contribution >= 4 is 5.82 Å². The van der Waals surface area contributed by atoms with E-state index in [9.17, 15) is 4.39 Å². The number of halogens is 1. The maximum absolute atomic E-state index is 13.5. The van der Waals surface area contributed by atoms with Gasteiger partial charge in [0.15, 0.2) is 0 Å². The van der Waals surface area contributed by atoms with Crippen LogP contribution in [0.4, 0.5) is 10.2 Å². The summed E-state index contributed by atoms with van der Waals surface area (Å²) in [6.07, 6.45) is 2.69. The van der Waals surface area contributed by atoms with Gasteiger partial charge in [0.05, 0.1) is 18.4 Å². The molecule has 2 aliphatic heterocycles.